The van der Waals surface area contributed by atoms with E-state index in [1.54, 1.807) is 0 Å². The summed E-state index contributed by atoms with van der Waals surface area (Å²) in [5, 5.41) is 5.07. The summed E-state index contributed by atoms with van der Waals surface area (Å²) in [5.41, 5.74) is 4.95. The lowest BCUT2D eigenvalue weighted by molar-refractivity contribution is 1.23. The second-order valence-corrected chi connectivity index (χ2v) is 7.10. The van der Waals surface area contributed by atoms with Gasteiger partial charge in [0.25, 0.3) is 0 Å². The number of nitrogens with zero attached hydrogens (tertiary/aromatic N) is 1. The topological polar surface area (TPSA) is 3.24 Å². The Bertz CT molecular complexity index is 1270. The predicted molar refractivity (Wildman–Crippen MR) is 121 cm³/mol. The van der Waals surface area contributed by atoms with Crippen molar-refractivity contribution in [3.05, 3.63) is 109 Å². The van der Waals surface area contributed by atoms with Crippen molar-refractivity contribution >= 4 is 32.9 Å². The maximum atomic E-state index is 2.30. The van der Waals surface area contributed by atoms with E-state index in [2.05, 4.69) is 121 Å². The summed E-state index contributed by atoms with van der Waals surface area (Å²) in [6.45, 7) is 0. The van der Waals surface area contributed by atoms with E-state index < -0.39 is 0 Å². The molecule has 0 amide bonds. The molecular formula is C27H21N. The number of fused-ring (bicyclic) bond motifs is 2. The van der Waals surface area contributed by atoms with Crippen LogP contribution in [0.15, 0.2) is 109 Å². The smallest absolute Gasteiger partial charge is 0.0488 e. The monoisotopic (exact) mass is 359 g/mol. The minimum Gasteiger partial charge on any atom is -0.344 e. The van der Waals surface area contributed by atoms with Gasteiger partial charge < -0.3 is 4.90 Å². The fourth-order valence-corrected chi connectivity index (χ4v) is 4.09. The minimum atomic E-state index is 1.21. The molecule has 0 spiro atoms. The van der Waals surface area contributed by atoms with Crippen molar-refractivity contribution in [2.75, 3.05) is 11.9 Å². The zero-order valence-electron chi connectivity index (χ0n) is 15.8. The van der Waals surface area contributed by atoms with Crippen LogP contribution in [0.3, 0.4) is 0 Å². The highest BCUT2D eigenvalue weighted by atomic mass is 15.1. The van der Waals surface area contributed by atoms with Crippen LogP contribution >= 0.6 is 0 Å². The molecule has 0 aromatic heterocycles. The molecule has 0 unspecified atom stereocenters. The van der Waals surface area contributed by atoms with Crippen LogP contribution in [0.5, 0.6) is 0 Å². The molecule has 0 aliphatic heterocycles. The van der Waals surface area contributed by atoms with Crippen molar-refractivity contribution in [3.63, 3.8) is 0 Å². The maximum absolute atomic E-state index is 2.30. The van der Waals surface area contributed by atoms with Crippen molar-refractivity contribution < 1.29 is 0 Å². The van der Waals surface area contributed by atoms with Crippen molar-refractivity contribution in [3.8, 4) is 11.1 Å². The Labute approximate surface area is 165 Å². The van der Waals surface area contributed by atoms with Gasteiger partial charge in [0, 0.05) is 29.2 Å². The van der Waals surface area contributed by atoms with E-state index >= 15 is 0 Å². The number of anilines is 2. The molecule has 0 N–H and O–H groups in total. The Morgan fingerprint density at radius 3 is 1.89 bits per heavy atom. The summed E-state index contributed by atoms with van der Waals surface area (Å²) >= 11 is 0. The SMILES string of the molecule is CN(c1cccc2ccccc12)c1cccc2c(-c3ccccc3)cccc12. The van der Waals surface area contributed by atoms with E-state index in [1.165, 1.54) is 44.0 Å². The van der Waals surface area contributed by atoms with Gasteiger partial charge in [-0.25, -0.2) is 0 Å². The molecule has 1 heteroatoms. The molecule has 5 aromatic rings. The van der Waals surface area contributed by atoms with Crippen molar-refractivity contribution in [2.45, 2.75) is 0 Å². The highest BCUT2D eigenvalue weighted by molar-refractivity contribution is 6.06. The van der Waals surface area contributed by atoms with Gasteiger partial charge in [-0.3, -0.25) is 0 Å². The van der Waals surface area contributed by atoms with Gasteiger partial charge in [0.15, 0.2) is 0 Å². The Morgan fingerprint density at radius 1 is 0.464 bits per heavy atom. The third-order valence-corrected chi connectivity index (χ3v) is 5.47. The zero-order valence-corrected chi connectivity index (χ0v) is 15.8. The molecule has 0 atom stereocenters. The number of benzene rings is 5. The number of hydrogen-bond donors (Lipinski definition) is 0. The average Bonchev–Trinajstić information content (AvgIpc) is 2.78. The van der Waals surface area contributed by atoms with Gasteiger partial charge >= 0.3 is 0 Å². The average molecular weight is 359 g/mol. The van der Waals surface area contributed by atoms with E-state index in [-0.39, 0.29) is 0 Å². The van der Waals surface area contributed by atoms with Crippen molar-refractivity contribution in [1.29, 1.82) is 0 Å². The Hall–Kier alpha value is -3.58. The molecular weight excluding hydrogens is 338 g/mol. The molecule has 0 heterocycles. The van der Waals surface area contributed by atoms with Gasteiger partial charge in [-0.1, -0.05) is 97.1 Å². The van der Waals surface area contributed by atoms with Gasteiger partial charge in [-0.15, -0.1) is 0 Å². The van der Waals surface area contributed by atoms with E-state index in [9.17, 15) is 0 Å². The van der Waals surface area contributed by atoms with Crippen LogP contribution in [0.25, 0.3) is 32.7 Å². The van der Waals surface area contributed by atoms with Gasteiger partial charge in [0.05, 0.1) is 0 Å². The van der Waals surface area contributed by atoms with Crippen LogP contribution in [-0.4, -0.2) is 7.05 Å². The van der Waals surface area contributed by atoms with Crippen LogP contribution in [0.1, 0.15) is 0 Å². The lowest BCUT2D eigenvalue weighted by atomic mass is 9.97. The lowest BCUT2D eigenvalue weighted by Crippen LogP contribution is -2.10. The van der Waals surface area contributed by atoms with Crippen LogP contribution in [0.2, 0.25) is 0 Å². The third kappa shape index (κ3) is 2.73. The first-order valence-corrected chi connectivity index (χ1v) is 9.61. The van der Waals surface area contributed by atoms with Crippen LogP contribution < -0.4 is 4.90 Å². The molecule has 5 aromatic carbocycles. The molecule has 0 bridgehead atoms. The first-order chi connectivity index (χ1) is 13.8. The molecule has 1 nitrogen and oxygen atoms in total. The molecule has 0 saturated heterocycles. The van der Waals surface area contributed by atoms with E-state index in [0.717, 1.165) is 0 Å². The van der Waals surface area contributed by atoms with Crippen LogP contribution in [-0.2, 0) is 0 Å². The van der Waals surface area contributed by atoms with Gasteiger partial charge in [-0.2, -0.15) is 0 Å². The first kappa shape index (κ1) is 16.6. The predicted octanol–water partition coefficient (Wildman–Crippen LogP) is 7.43. The van der Waals surface area contributed by atoms with Crippen molar-refractivity contribution in [1.82, 2.24) is 0 Å². The fourth-order valence-electron chi connectivity index (χ4n) is 4.09. The van der Waals surface area contributed by atoms with Crippen LogP contribution in [0, 0.1) is 0 Å². The van der Waals surface area contributed by atoms with Gasteiger partial charge in [0.1, 0.15) is 0 Å². The highest BCUT2D eigenvalue weighted by Crippen LogP contribution is 2.38. The van der Waals surface area contributed by atoms with Gasteiger partial charge in [0.2, 0.25) is 0 Å². The number of hydrogen-bond acceptors (Lipinski definition) is 1. The molecule has 5 rings (SSSR count). The fraction of sp³-hybridized carbons (Fsp3) is 0.0370. The molecule has 0 radical (unpaired) electrons. The second-order valence-electron chi connectivity index (χ2n) is 7.10. The quantitative estimate of drug-likeness (QED) is 0.324. The Morgan fingerprint density at radius 2 is 1.04 bits per heavy atom. The van der Waals surface area contributed by atoms with Gasteiger partial charge in [-0.05, 0) is 34.0 Å². The largest absolute Gasteiger partial charge is 0.344 e. The summed E-state index contributed by atoms with van der Waals surface area (Å²) in [6, 6.07) is 38.9. The zero-order chi connectivity index (χ0) is 18.9. The third-order valence-electron chi connectivity index (χ3n) is 5.47. The Kier molecular flexibility index (Phi) is 4.06. The van der Waals surface area contributed by atoms with Crippen LogP contribution in [0.4, 0.5) is 11.4 Å². The summed E-state index contributed by atoms with van der Waals surface area (Å²) in [5.74, 6) is 0. The highest BCUT2D eigenvalue weighted by Gasteiger charge is 2.12. The molecule has 0 fully saturated rings. The number of rotatable bonds is 3. The summed E-state index contributed by atoms with van der Waals surface area (Å²) in [4.78, 5) is 2.30. The molecule has 28 heavy (non-hydrogen) atoms. The standard InChI is InChI=1S/C27H21N/c1-28(26-18-7-13-21-12-5-6-14-23(21)26)27-19-9-16-24-22(15-8-17-25(24)27)20-10-3-2-4-11-20/h2-19H,1H3. The van der Waals surface area contributed by atoms with E-state index in [1.807, 2.05) is 0 Å². The lowest BCUT2D eigenvalue weighted by Gasteiger charge is -2.23. The van der Waals surface area contributed by atoms with E-state index in [0.29, 0.717) is 0 Å². The molecule has 134 valence electrons. The second kappa shape index (κ2) is 6.86. The summed E-state index contributed by atoms with van der Waals surface area (Å²) < 4.78 is 0. The first-order valence-electron chi connectivity index (χ1n) is 9.61. The molecule has 0 aliphatic carbocycles. The summed E-state index contributed by atoms with van der Waals surface area (Å²) in [7, 11) is 2.16. The molecule has 0 saturated carbocycles. The summed E-state index contributed by atoms with van der Waals surface area (Å²) in [6.07, 6.45) is 0. The maximum Gasteiger partial charge on any atom is 0.0488 e. The normalized spacial score (nSPS) is 11.0. The molecule has 0 aliphatic rings. The van der Waals surface area contributed by atoms with Crippen molar-refractivity contribution in [2.24, 2.45) is 0 Å². The Balaban J connectivity index is 1.71. The minimum absolute atomic E-state index is 1.21. The van der Waals surface area contributed by atoms with E-state index in [4.69, 9.17) is 0 Å².